The van der Waals surface area contributed by atoms with Gasteiger partial charge in [0.2, 0.25) is 0 Å². The highest BCUT2D eigenvalue weighted by atomic mass is 16.4. The van der Waals surface area contributed by atoms with Crippen molar-refractivity contribution in [1.82, 2.24) is 15.6 Å². The van der Waals surface area contributed by atoms with Crippen molar-refractivity contribution < 1.29 is 29.7 Å². The maximum atomic E-state index is 14.0. The van der Waals surface area contributed by atoms with E-state index in [4.69, 9.17) is 0 Å². The number of amides is 3. The fourth-order valence-electron chi connectivity index (χ4n) is 5.89. The van der Waals surface area contributed by atoms with Crippen LogP contribution in [-0.2, 0) is 19.4 Å². The monoisotopic (exact) mass is 672 g/mol. The Morgan fingerprint density at radius 1 is 0.720 bits per heavy atom. The Labute approximate surface area is 291 Å². The molecule has 0 aliphatic rings. The van der Waals surface area contributed by atoms with Gasteiger partial charge in [-0.25, -0.2) is 4.79 Å². The van der Waals surface area contributed by atoms with Crippen LogP contribution in [0.25, 0.3) is 0 Å². The van der Waals surface area contributed by atoms with E-state index in [0.717, 1.165) is 16.0 Å². The van der Waals surface area contributed by atoms with Gasteiger partial charge in [-0.1, -0.05) is 84.9 Å². The maximum absolute atomic E-state index is 14.0. The molecule has 1 heterocycles. The van der Waals surface area contributed by atoms with E-state index in [1.54, 1.807) is 67.7 Å². The molecule has 0 aliphatic carbocycles. The normalized spacial score (nSPS) is 12.7. The number of phenols is 1. The summed E-state index contributed by atoms with van der Waals surface area (Å²) in [5.41, 5.74) is 3.37. The molecule has 5 N–H and O–H groups in total. The van der Waals surface area contributed by atoms with Gasteiger partial charge in [-0.15, -0.1) is 0 Å². The first kappa shape index (κ1) is 35.3. The SMILES string of the molecule is Cc1c(O)cccc1C(=O)N[C@@H](Cc1ccccc1)[C@@H](O)C[C@H](Cc1ccccc1)NC(=O)c1ccccc1N(Cc1ccccn1)C(=O)O. The number of anilines is 1. The second kappa shape index (κ2) is 16.9. The standard InChI is InChI=1S/C40H40N4O6/c1-27-32(19-12-21-36(27)45)38(47)43-34(24-29-15-6-3-7-16-29)37(46)25-31(23-28-13-4-2-5-14-28)42-39(48)33-18-8-9-20-35(33)44(40(49)50)26-30-17-10-11-22-41-30/h2-22,31,34,37,45-46H,23-26H2,1H3,(H,42,48)(H,43,47)(H,49,50)/t31-,34-,37-/m0/s1. The summed E-state index contributed by atoms with van der Waals surface area (Å²) in [6.07, 6.45) is -0.0433. The Balaban J connectivity index is 1.42. The summed E-state index contributed by atoms with van der Waals surface area (Å²) < 4.78 is 0. The van der Waals surface area contributed by atoms with Gasteiger partial charge in [-0.2, -0.15) is 0 Å². The Morgan fingerprint density at radius 2 is 1.32 bits per heavy atom. The van der Waals surface area contributed by atoms with E-state index in [0.29, 0.717) is 24.1 Å². The second-order valence-electron chi connectivity index (χ2n) is 12.1. The Hall–Kier alpha value is -6.00. The fraction of sp³-hybridized carbons (Fsp3) is 0.200. The van der Waals surface area contributed by atoms with Crippen molar-refractivity contribution >= 4 is 23.6 Å². The lowest BCUT2D eigenvalue weighted by molar-refractivity contribution is 0.0755. The van der Waals surface area contributed by atoms with Gasteiger partial charge in [-0.05, 0) is 73.7 Å². The lowest BCUT2D eigenvalue weighted by atomic mass is 9.93. The van der Waals surface area contributed by atoms with Crippen molar-refractivity contribution in [2.75, 3.05) is 4.90 Å². The second-order valence-corrected chi connectivity index (χ2v) is 12.1. The van der Waals surface area contributed by atoms with Gasteiger partial charge < -0.3 is 26.0 Å². The number of aliphatic hydroxyl groups is 1. The van der Waals surface area contributed by atoms with Crippen molar-refractivity contribution in [1.29, 1.82) is 0 Å². The summed E-state index contributed by atoms with van der Waals surface area (Å²) in [5.74, 6) is -0.970. The molecule has 0 unspecified atom stereocenters. The van der Waals surface area contributed by atoms with E-state index in [2.05, 4.69) is 15.6 Å². The highest BCUT2D eigenvalue weighted by Gasteiger charge is 2.29. The van der Waals surface area contributed by atoms with Crippen LogP contribution in [0.1, 0.15) is 49.5 Å². The number of para-hydroxylation sites is 1. The molecule has 10 nitrogen and oxygen atoms in total. The first-order chi connectivity index (χ1) is 24.2. The third kappa shape index (κ3) is 9.33. The average molecular weight is 673 g/mol. The van der Waals surface area contributed by atoms with Crippen LogP contribution in [0.3, 0.4) is 0 Å². The summed E-state index contributed by atoms with van der Waals surface area (Å²) in [7, 11) is 0. The van der Waals surface area contributed by atoms with Crippen molar-refractivity contribution in [2.45, 2.75) is 50.9 Å². The molecule has 50 heavy (non-hydrogen) atoms. The molecule has 4 aromatic carbocycles. The van der Waals surface area contributed by atoms with Crippen molar-refractivity contribution in [2.24, 2.45) is 0 Å². The van der Waals surface area contributed by atoms with Crippen LogP contribution in [0, 0.1) is 6.92 Å². The summed E-state index contributed by atoms with van der Waals surface area (Å²) in [6, 6.07) is 34.0. The molecule has 0 saturated heterocycles. The van der Waals surface area contributed by atoms with Crippen LogP contribution in [-0.4, -0.2) is 56.4 Å². The minimum Gasteiger partial charge on any atom is -0.508 e. The number of rotatable bonds is 14. The number of aromatic nitrogens is 1. The van der Waals surface area contributed by atoms with E-state index in [1.807, 2.05) is 60.7 Å². The molecule has 1 aromatic heterocycles. The molecule has 5 rings (SSSR count). The van der Waals surface area contributed by atoms with Crippen LogP contribution < -0.4 is 15.5 Å². The molecule has 0 aliphatic heterocycles. The molecule has 0 radical (unpaired) electrons. The third-order valence-corrected chi connectivity index (χ3v) is 8.53. The number of hydrogen-bond acceptors (Lipinski definition) is 6. The Morgan fingerprint density at radius 3 is 1.98 bits per heavy atom. The van der Waals surface area contributed by atoms with Crippen LogP contribution in [0.15, 0.2) is 128 Å². The van der Waals surface area contributed by atoms with E-state index in [-0.39, 0.29) is 35.5 Å². The lowest BCUT2D eigenvalue weighted by Gasteiger charge is -2.29. The van der Waals surface area contributed by atoms with Crippen LogP contribution in [0.2, 0.25) is 0 Å². The summed E-state index contributed by atoms with van der Waals surface area (Å²) in [4.78, 5) is 45.2. The molecule has 3 amide bonds. The predicted octanol–water partition coefficient (Wildman–Crippen LogP) is 5.91. The van der Waals surface area contributed by atoms with Gasteiger partial charge in [0.05, 0.1) is 35.6 Å². The number of benzene rings is 4. The fourth-order valence-corrected chi connectivity index (χ4v) is 5.89. The minimum absolute atomic E-state index is 0.00905. The summed E-state index contributed by atoms with van der Waals surface area (Å²) >= 11 is 0. The number of hydrogen-bond donors (Lipinski definition) is 5. The van der Waals surface area contributed by atoms with Crippen molar-refractivity contribution in [3.63, 3.8) is 0 Å². The number of carbonyl (C=O) groups excluding carboxylic acids is 2. The van der Waals surface area contributed by atoms with Gasteiger partial charge >= 0.3 is 6.09 Å². The average Bonchev–Trinajstić information content (AvgIpc) is 3.12. The van der Waals surface area contributed by atoms with Crippen LogP contribution in [0.5, 0.6) is 5.75 Å². The highest BCUT2D eigenvalue weighted by Crippen LogP contribution is 2.24. The van der Waals surface area contributed by atoms with Gasteiger partial charge in [0, 0.05) is 23.4 Å². The molecule has 3 atom stereocenters. The molecule has 0 bridgehead atoms. The largest absolute Gasteiger partial charge is 0.508 e. The van der Waals surface area contributed by atoms with Crippen molar-refractivity contribution in [3.05, 3.63) is 161 Å². The predicted molar refractivity (Wildman–Crippen MR) is 191 cm³/mol. The van der Waals surface area contributed by atoms with Gasteiger partial charge in [0.1, 0.15) is 5.75 Å². The zero-order valence-corrected chi connectivity index (χ0v) is 27.6. The smallest absolute Gasteiger partial charge is 0.412 e. The lowest BCUT2D eigenvalue weighted by Crippen LogP contribution is -2.49. The quantitative estimate of drug-likeness (QED) is 0.0983. The van der Waals surface area contributed by atoms with E-state index in [9.17, 15) is 29.7 Å². The topological polar surface area (TPSA) is 152 Å². The Bertz CT molecular complexity index is 1890. The molecule has 0 saturated carbocycles. The molecule has 0 fully saturated rings. The molecule has 256 valence electrons. The van der Waals surface area contributed by atoms with Crippen LogP contribution >= 0.6 is 0 Å². The maximum Gasteiger partial charge on any atom is 0.412 e. The first-order valence-electron chi connectivity index (χ1n) is 16.3. The van der Waals surface area contributed by atoms with E-state index < -0.39 is 36.1 Å². The van der Waals surface area contributed by atoms with Gasteiger partial charge in [0.15, 0.2) is 0 Å². The number of pyridine rings is 1. The number of phenolic OH excluding ortho intramolecular Hbond substituents is 1. The van der Waals surface area contributed by atoms with Crippen LogP contribution in [0.4, 0.5) is 10.5 Å². The van der Waals surface area contributed by atoms with E-state index >= 15 is 0 Å². The van der Waals surface area contributed by atoms with Gasteiger partial charge in [-0.3, -0.25) is 19.5 Å². The minimum atomic E-state index is -1.24. The number of aromatic hydroxyl groups is 1. The molecular formula is C40H40N4O6. The van der Waals surface area contributed by atoms with Gasteiger partial charge in [0.25, 0.3) is 11.8 Å². The number of carboxylic acid groups (broad SMARTS) is 1. The number of aliphatic hydroxyl groups excluding tert-OH is 1. The molecule has 10 heteroatoms. The summed E-state index contributed by atoms with van der Waals surface area (Å²) in [6.45, 7) is 1.59. The van der Waals surface area contributed by atoms with E-state index in [1.165, 1.54) is 6.07 Å². The summed E-state index contributed by atoms with van der Waals surface area (Å²) in [5, 5.41) is 38.2. The molecular weight excluding hydrogens is 632 g/mol. The number of nitrogens with zero attached hydrogens (tertiary/aromatic N) is 2. The zero-order chi connectivity index (χ0) is 35.5. The Kier molecular flexibility index (Phi) is 11.9. The molecule has 5 aromatic rings. The highest BCUT2D eigenvalue weighted by molar-refractivity contribution is 6.03. The number of nitrogens with one attached hydrogen (secondary N) is 2. The first-order valence-corrected chi connectivity index (χ1v) is 16.3. The zero-order valence-electron chi connectivity index (χ0n) is 27.6. The third-order valence-electron chi connectivity index (χ3n) is 8.53. The molecule has 0 spiro atoms. The van der Waals surface area contributed by atoms with Crippen molar-refractivity contribution in [3.8, 4) is 5.75 Å². The number of carbonyl (C=O) groups is 3.